The highest BCUT2D eigenvalue weighted by atomic mass is 19.1. The van der Waals surface area contributed by atoms with Crippen LogP contribution >= 0.6 is 0 Å². The molecule has 0 aromatic heterocycles. The number of aromatic hydroxyl groups is 1. The van der Waals surface area contributed by atoms with Crippen LogP contribution in [0.5, 0.6) is 5.75 Å². The number of anilines is 1. The molecule has 0 saturated heterocycles. The van der Waals surface area contributed by atoms with E-state index in [1.54, 1.807) is 24.3 Å². The predicted molar refractivity (Wildman–Crippen MR) is 84.6 cm³/mol. The Morgan fingerprint density at radius 1 is 1.17 bits per heavy atom. The number of aryl methyl sites for hydroxylation is 1. The zero-order valence-electron chi connectivity index (χ0n) is 12.7. The molecule has 2 amide bonds. The SMILES string of the molecule is NC(=O)c1ccccc1CCCC(=O)Nc1cc(F)cc(F)c1O. The van der Waals surface area contributed by atoms with Crippen molar-refractivity contribution >= 4 is 17.5 Å². The Kier molecular flexibility index (Phi) is 5.47. The van der Waals surface area contributed by atoms with Crippen LogP contribution in [0, 0.1) is 11.6 Å². The van der Waals surface area contributed by atoms with Crippen LogP contribution in [-0.4, -0.2) is 16.9 Å². The number of rotatable bonds is 6. The third kappa shape index (κ3) is 4.28. The Labute approximate surface area is 137 Å². The number of amides is 2. The quantitative estimate of drug-likeness (QED) is 0.709. The predicted octanol–water partition coefficient (Wildman–Crippen LogP) is 2.73. The summed E-state index contributed by atoms with van der Waals surface area (Å²) in [7, 11) is 0. The fraction of sp³-hybridized carbons (Fsp3) is 0.176. The second-order valence-corrected chi connectivity index (χ2v) is 5.21. The van der Waals surface area contributed by atoms with Crippen molar-refractivity contribution in [3.63, 3.8) is 0 Å². The van der Waals surface area contributed by atoms with Gasteiger partial charge in [-0.15, -0.1) is 0 Å². The maximum Gasteiger partial charge on any atom is 0.248 e. The van der Waals surface area contributed by atoms with Gasteiger partial charge in [0, 0.05) is 24.1 Å². The van der Waals surface area contributed by atoms with Crippen molar-refractivity contribution < 1.29 is 23.5 Å². The molecular formula is C17H16F2N2O3. The van der Waals surface area contributed by atoms with Crippen LogP contribution in [-0.2, 0) is 11.2 Å². The van der Waals surface area contributed by atoms with E-state index in [2.05, 4.69) is 5.32 Å². The summed E-state index contributed by atoms with van der Waals surface area (Å²) in [5.74, 6) is -3.93. The monoisotopic (exact) mass is 334 g/mol. The highest BCUT2D eigenvalue weighted by molar-refractivity contribution is 5.94. The lowest BCUT2D eigenvalue weighted by Crippen LogP contribution is -2.15. The van der Waals surface area contributed by atoms with Crippen LogP contribution < -0.4 is 11.1 Å². The van der Waals surface area contributed by atoms with Crippen LogP contribution in [0.25, 0.3) is 0 Å². The van der Waals surface area contributed by atoms with Gasteiger partial charge in [-0.2, -0.15) is 0 Å². The molecule has 24 heavy (non-hydrogen) atoms. The van der Waals surface area contributed by atoms with E-state index in [1.807, 2.05) is 0 Å². The number of carbonyl (C=O) groups excluding carboxylic acids is 2. The average molecular weight is 334 g/mol. The molecule has 126 valence electrons. The molecule has 2 rings (SSSR count). The van der Waals surface area contributed by atoms with E-state index in [4.69, 9.17) is 5.73 Å². The third-order valence-corrected chi connectivity index (χ3v) is 3.44. The lowest BCUT2D eigenvalue weighted by atomic mass is 10.0. The lowest BCUT2D eigenvalue weighted by Gasteiger charge is -2.09. The van der Waals surface area contributed by atoms with E-state index in [9.17, 15) is 23.5 Å². The van der Waals surface area contributed by atoms with Gasteiger partial charge in [0.1, 0.15) is 5.82 Å². The summed E-state index contributed by atoms with van der Waals surface area (Å²) < 4.78 is 26.3. The number of hydrogen-bond donors (Lipinski definition) is 3. The first-order chi connectivity index (χ1) is 11.4. The number of carbonyl (C=O) groups is 2. The van der Waals surface area contributed by atoms with E-state index in [0.29, 0.717) is 24.5 Å². The molecule has 0 saturated carbocycles. The fourth-order valence-electron chi connectivity index (χ4n) is 2.29. The number of phenolic OH excluding ortho intramolecular Hbond substituents is 1. The molecule has 0 aliphatic heterocycles. The molecule has 0 atom stereocenters. The van der Waals surface area contributed by atoms with Gasteiger partial charge in [-0.3, -0.25) is 9.59 Å². The van der Waals surface area contributed by atoms with E-state index >= 15 is 0 Å². The van der Waals surface area contributed by atoms with Gasteiger partial charge in [0.25, 0.3) is 0 Å². The maximum atomic E-state index is 13.2. The summed E-state index contributed by atoms with van der Waals surface area (Å²) in [5.41, 5.74) is 6.06. The molecule has 0 fully saturated rings. The molecule has 4 N–H and O–H groups in total. The number of hydrogen-bond acceptors (Lipinski definition) is 3. The highest BCUT2D eigenvalue weighted by Crippen LogP contribution is 2.27. The second kappa shape index (κ2) is 7.54. The van der Waals surface area contributed by atoms with Gasteiger partial charge in [-0.05, 0) is 24.5 Å². The molecule has 0 spiro atoms. The largest absolute Gasteiger partial charge is 0.503 e. The van der Waals surface area contributed by atoms with Crippen LogP contribution in [0.3, 0.4) is 0 Å². The zero-order valence-corrected chi connectivity index (χ0v) is 12.7. The molecule has 0 aliphatic rings. The zero-order chi connectivity index (χ0) is 17.7. The summed E-state index contributed by atoms with van der Waals surface area (Å²) in [4.78, 5) is 23.1. The summed E-state index contributed by atoms with van der Waals surface area (Å²) >= 11 is 0. The van der Waals surface area contributed by atoms with Crippen LogP contribution in [0.4, 0.5) is 14.5 Å². The Bertz CT molecular complexity index is 778. The van der Waals surface area contributed by atoms with Crippen molar-refractivity contribution in [2.75, 3.05) is 5.32 Å². The Morgan fingerprint density at radius 2 is 1.88 bits per heavy atom. The van der Waals surface area contributed by atoms with Crippen molar-refractivity contribution in [1.29, 1.82) is 0 Å². The third-order valence-electron chi connectivity index (χ3n) is 3.44. The van der Waals surface area contributed by atoms with Crippen molar-refractivity contribution in [3.05, 3.63) is 59.2 Å². The molecule has 0 aliphatic carbocycles. The van der Waals surface area contributed by atoms with Crippen molar-refractivity contribution in [3.8, 4) is 5.75 Å². The molecular weight excluding hydrogens is 318 g/mol. The summed E-state index contributed by atoms with van der Waals surface area (Å²) in [6, 6.07) is 8.15. The van der Waals surface area contributed by atoms with Gasteiger partial charge in [-0.25, -0.2) is 8.78 Å². The minimum atomic E-state index is -1.15. The van der Waals surface area contributed by atoms with Crippen LogP contribution in [0.15, 0.2) is 36.4 Å². The smallest absolute Gasteiger partial charge is 0.248 e. The number of benzene rings is 2. The highest BCUT2D eigenvalue weighted by Gasteiger charge is 2.13. The standard InChI is InChI=1S/C17H16F2N2O3/c18-11-8-13(19)16(23)14(9-11)21-15(22)7-3-5-10-4-1-2-6-12(10)17(20)24/h1-2,4,6,8-9,23H,3,5,7H2,(H2,20,24)(H,21,22). The van der Waals surface area contributed by atoms with E-state index in [1.165, 1.54) is 0 Å². The number of nitrogens with two attached hydrogens (primary N) is 1. The van der Waals surface area contributed by atoms with Gasteiger partial charge in [-0.1, -0.05) is 18.2 Å². The Balaban J connectivity index is 1.94. The summed E-state index contributed by atoms with van der Waals surface area (Å²) in [5, 5.41) is 11.7. The lowest BCUT2D eigenvalue weighted by molar-refractivity contribution is -0.116. The van der Waals surface area contributed by atoms with E-state index in [0.717, 1.165) is 11.6 Å². The Morgan fingerprint density at radius 3 is 2.58 bits per heavy atom. The molecule has 0 radical (unpaired) electrons. The summed E-state index contributed by atoms with van der Waals surface area (Å²) in [6.45, 7) is 0. The molecule has 0 unspecified atom stereocenters. The first-order valence-electron chi connectivity index (χ1n) is 7.24. The number of phenols is 1. The molecule has 0 heterocycles. The van der Waals surface area contributed by atoms with E-state index in [-0.39, 0.29) is 12.1 Å². The minimum absolute atomic E-state index is 0.0463. The summed E-state index contributed by atoms with van der Waals surface area (Å²) in [6.07, 6.45) is 0.884. The van der Waals surface area contributed by atoms with Gasteiger partial charge >= 0.3 is 0 Å². The van der Waals surface area contributed by atoms with Crippen LogP contribution in [0.1, 0.15) is 28.8 Å². The first kappa shape index (κ1) is 17.4. The van der Waals surface area contributed by atoms with Crippen LogP contribution in [0.2, 0.25) is 0 Å². The molecule has 0 bridgehead atoms. The molecule has 7 heteroatoms. The normalized spacial score (nSPS) is 10.4. The fourth-order valence-corrected chi connectivity index (χ4v) is 2.29. The van der Waals surface area contributed by atoms with Gasteiger partial charge in [0.05, 0.1) is 5.69 Å². The molecule has 2 aromatic carbocycles. The average Bonchev–Trinajstić information content (AvgIpc) is 2.52. The maximum absolute atomic E-state index is 13.2. The molecule has 5 nitrogen and oxygen atoms in total. The Hall–Kier alpha value is -2.96. The topological polar surface area (TPSA) is 92.4 Å². The van der Waals surface area contributed by atoms with Crippen molar-refractivity contribution in [1.82, 2.24) is 0 Å². The van der Waals surface area contributed by atoms with Gasteiger partial charge in [0.2, 0.25) is 11.8 Å². The van der Waals surface area contributed by atoms with Gasteiger partial charge in [0.15, 0.2) is 11.6 Å². The molecule has 2 aromatic rings. The number of halogens is 2. The van der Waals surface area contributed by atoms with E-state index < -0.39 is 29.2 Å². The van der Waals surface area contributed by atoms with Gasteiger partial charge < -0.3 is 16.2 Å². The second-order valence-electron chi connectivity index (χ2n) is 5.21. The number of primary amides is 1. The van der Waals surface area contributed by atoms with Crippen molar-refractivity contribution in [2.45, 2.75) is 19.3 Å². The van der Waals surface area contributed by atoms with Crippen molar-refractivity contribution in [2.24, 2.45) is 5.73 Å². The number of nitrogens with one attached hydrogen (secondary N) is 1. The first-order valence-corrected chi connectivity index (χ1v) is 7.24. The minimum Gasteiger partial charge on any atom is -0.503 e.